The van der Waals surface area contributed by atoms with Crippen molar-refractivity contribution in [1.29, 1.82) is 0 Å². The maximum Gasteiger partial charge on any atom is 0.352 e. The van der Waals surface area contributed by atoms with Crippen molar-refractivity contribution in [2.24, 2.45) is 0 Å². The van der Waals surface area contributed by atoms with Crippen LogP contribution in [0.2, 0.25) is 5.02 Å². The van der Waals surface area contributed by atoms with Crippen molar-refractivity contribution in [1.82, 2.24) is 5.32 Å². The van der Waals surface area contributed by atoms with Crippen LogP contribution in [0.3, 0.4) is 0 Å². The van der Waals surface area contributed by atoms with E-state index in [2.05, 4.69) is 5.32 Å². The molecule has 0 saturated heterocycles. The molecule has 1 amide bonds. The summed E-state index contributed by atoms with van der Waals surface area (Å²) < 4.78 is 5.65. The van der Waals surface area contributed by atoms with Crippen LogP contribution in [0.4, 0.5) is 0 Å². The maximum atomic E-state index is 11.1. The number of carboxylic acids is 1. The topological polar surface area (TPSA) is 75.6 Å². The summed E-state index contributed by atoms with van der Waals surface area (Å²) in [6.45, 7) is 1.63. The minimum atomic E-state index is -1.20. The highest BCUT2D eigenvalue weighted by molar-refractivity contribution is 6.30. The largest absolute Gasteiger partial charge is 0.489 e. The Kier molecular flexibility index (Phi) is 5.98. The van der Waals surface area contributed by atoms with E-state index in [-0.39, 0.29) is 5.70 Å². The van der Waals surface area contributed by atoms with Gasteiger partial charge in [-0.2, -0.15) is 0 Å². The summed E-state index contributed by atoms with van der Waals surface area (Å²) in [6, 6.07) is 14.2. The van der Waals surface area contributed by atoms with Gasteiger partial charge in [-0.15, -0.1) is 0 Å². The number of halogens is 1. The monoisotopic (exact) mass is 345 g/mol. The van der Waals surface area contributed by atoms with E-state index in [1.165, 1.54) is 13.0 Å². The molecule has 0 aliphatic carbocycles. The minimum Gasteiger partial charge on any atom is -0.489 e. The molecular formula is C18H16ClNO4. The van der Waals surface area contributed by atoms with Crippen molar-refractivity contribution in [2.75, 3.05) is 0 Å². The first-order chi connectivity index (χ1) is 11.4. The van der Waals surface area contributed by atoms with Crippen molar-refractivity contribution in [3.8, 4) is 5.75 Å². The Morgan fingerprint density at radius 3 is 2.50 bits per heavy atom. The molecule has 0 aliphatic heterocycles. The number of nitrogens with one attached hydrogen (secondary N) is 1. The van der Waals surface area contributed by atoms with Crippen molar-refractivity contribution in [3.63, 3.8) is 0 Å². The van der Waals surface area contributed by atoms with Crippen LogP contribution in [0, 0.1) is 0 Å². The first kappa shape index (κ1) is 17.6. The van der Waals surface area contributed by atoms with Gasteiger partial charge in [0.05, 0.1) is 0 Å². The highest BCUT2D eigenvalue weighted by Gasteiger charge is 2.08. The molecule has 0 unspecified atom stereocenters. The van der Waals surface area contributed by atoms with Crippen LogP contribution in [0.1, 0.15) is 18.1 Å². The van der Waals surface area contributed by atoms with Crippen LogP contribution in [-0.4, -0.2) is 17.0 Å². The van der Waals surface area contributed by atoms with Crippen LogP contribution >= 0.6 is 11.6 Å². The van der Waals surface area contributed by atoms with Crippen LogP contribution in [0.25, 0.3) is 6.08 Å². The molecule has 2 aromatic carbocycles. The van der Waals surface area contributed by atoms with Gasteiger partial charge in [-0.25, -0.2) is 4.79 Å². The molecule has 6 heteroatoms. The fraction of sp³-hybridized carbons (Fsp3) is 0.111. The van der Waals surface area contributed by atoms with Gasteiger partial charge in [-0.05, 0) is 41.5 Å². The lowest BCUT2D eigenvalue weighted by molar-refractivity contribution is -0.134. The van der Waals surface area contributed by atoms with Crippen molar-refractivity contribution >= 4 is 29.6 Å². The fourth-order valence-electron chi connectivity index (χ4n) is 1.96. The molecule has 24 heavy (non-hydrogen) atoms. The van der Waals surface area contributed by atoms with Crippen LogP contribution in [0.15, 0.2) is 54.2 Å². The molecule has 2 N–H and O–H groups in total. The predicted molar refractivity (Wildman–Crippen MR) is 91.7 cm³/mol. The summed E-state index contributed by atoms with van der Waals surface area (Å²) in [4.78, 5) is 22.1. The van der Waals surface area contributed by atoms with Gasteiger partial charge in [0.15, 0.2) is 0 Å². The van der Waals surface area contributed by atoms with Gasteiger partial charge in [-0.1, -0.05) is 35.9 Å². The third kappa shape index (κ3) is 5.44. The molecule has 2 rings (SSSR count). The smallest absolute Gasteiger partial charge is 0.352 e. The van der Waals surface area contributed by atoms with E-state index in [1.54, 1.807) is 30.3 Å². The zero-order valence-corrected chi connectivity index (χ0v) is 13.7. The summed E-state index contributed by atoms with van der Waals surface area (Å²) in [6.07, 6.45) is 1.38. The number of hydrogen-bond donors (Lipinski definition) is 2. The number of ether oxygens (including phenoxy) is 1. The molecule has 5 nitrogen and oxygen atoms in total. The lowest BCUT2D eigenvalue weighted by Gasteiger charge is -2.07. The van der Waals surface area contributed by atoms with Crippen molar-refractivity contribution < 1.29 is 19.4 Å². The average molecular weight is 346 g/mol. The minimum absolute atomic E-state index is 0.185. The summed E-state index contributed by atoms with van der Waals surface area (Å²) >= 11 is 5.92. The van der Waals surface area contributed by atoms with Gasteiger partial charge in [0.25, 0.3) is 0 Å². The van der Waals surface area contributed by atoms with Crippen molar-refractivity contribution in [3.05, 3.63) is 70.4 Å². The number of rotatable bonds is 6. The van der Waals surface area contributed by atoms with Crippen LogP contribution < -0.4 is 10.1 Å². The molecule has 0 aromatic heterocycles. The Morgan fingerprint density at radius 2 is 1.92 bits per heavy atom. The normalized spacial score (nSPS) is 11.0. The number of benzene rings is 2. The Labute approximate surface area is 144 Å². The number of aliphatic carboxylic acids is 1. The third-order valence-corrected chi connectivity index (χ3v) is 3.26. The molecule has 0 spiro atoms. The Bertz CT molecular complexity index is 769. The van der Waals surface area contributed by atoms with Gasteiger partial charge in [0.2, 0.25) is 5.91 Å². The molecule has 0 radical (unpaired) electrons. The first-order valence-electron chi connectivity index (χ1n) is 7.14. The fourth-order valence-corrected chi connectivity index (χ4v) is 2.17. The highest BCUT2D eigenvalue weighted by Crippen LogP contribution is 2.17. The van der Waals surface area contributed by atoms with Crippen LogP contribution in [-0.2, 0) is 16.2 Å². The number of carbonyl (C=O) groups is 2. The maximum absolute atomic E-state index is 11.1. The van der Waals surface area contributed by atoms with E-state index in [0.29, 0.717) is 22.9 Å². The summed E-state index contributed by atoms with van der Waals surface area (Å²) in [5.74, 6) is -1.000. The lowest BCUT2D eigenvalue weighted by Crippen LogP contribution is -2.24. The zero-order chi connectivity index (χ0) is 17.5. The van der Waals surface area contributed by atoms with E-state index in [9.17, 15) is 9.59 Å². The quantitative estimate of drug-likeness (QED) is 0.786. The van der Waals surface area contributed by atoms with E-state index in [4.69, 9.17) is 21.4 Å². The Balaban J connectivity index is 2.04. The number of carbonyl (C=O) groups excluding carboxylic acids is 1. The van der Waals surface area contributed by atoms with E-state index in [0.717, 1.165) is 5.56 Å². The third-order valence-electron chi connectivity index (χ3n) is 3.03. The molecule has 0 aliphatic rings. The van der Waals surface area contributed by atoms with Gasteiger partial charge >= 0.3 is 5.97 Å². The SMILES string of the molecule is CC(=O)NC(=Cc1ccc(OCc2cccc(Cl)c2)cc1)C(=O)O. The second-order valence-electron chi connectivity index (χ2n) is 5.03. The molecule has 0 fully saturated rings. The molecule has 0 saturated carbocycles. The molecule has 2 aromatic rings. The summed E-state index contributed by atoms with van der Waals surface area (Å²) in [5, 5.41) is 12.0. The Morgan fingerprint density at radius 1 is 1.21 bits per heavy atom. The zero-order valence-electron chi connectivity index (χ0n) is 13.0. The molecule has 0 heterocycles. The van der Waals surface area contributed by atoms with Gasteiger partial charge in [0, 0.05) is 11.9 Å². The van der Waals surface area contributed by atoms with E-state index >= 15 is 0 Å². The van der Waals surface area contributed by atoms with Gasteiger partial charge in [-0.3, -0.25) is 4.79 Å². The molecule has 0 bridgehead atoms. The predicted octanol–water partition coefficient (Wildman–Crippen LogP) is 3.48. The van der Waals surface area contributed by atoms with Crippen LogP contribution in [0.5, 0.6) is 5.75 Å². The van der Waals surface area contributed by atoms with Gasteiger partial charge < -0.3 is 15.2 Å². The standard InChI is InChI=1S/C18H16ClNO4/c1-12(21)20-17(18(22)23)10-13-5-7-16(8-6-13)24-11-14-3-2-4-15(19)9-14/h2-10H,11H2,1H3,(H,20,21)(H,22,23). The number of carboxylic acid groups (broad SMARTS) is 1. The van der Waals surface area contributed by atoms with E-state index < -0.39 is 11.9 Å². The lowest BCUT2D eigenvalue weighted by atomic mass is 10.2. The van der Waals surface area contributed by atoms with E-state index in [1.807, 2.05) is 18.2 Å². The molecular weight excluding hydrogens is 330 g/mol. The second kappa shape index (κ2) is 8.17. The average Bonchev–Trinajstić information content (AvgIpc) is 2.53. The Hall–Kier alpha value is -2.79. The van der Waals surface area contributed by atoms with Gasteiger partial charge in [0.1, 0.15) is 18.1 Å². The highest BCUT2D eigenvalue weighted by atomic mass is 35.5. The number of hydrogen-bond acceptors (Lipinski definition) is 3. The summed E-state index contributed by atoms with van der Waals surface area (Å²) in [5.41, 5.74) is 1.40. The summed E-state index contributed by atoms with van der Waals surface area (Å²) in [7, 11) is 0. The number of amides is 1. The molecule has 124 valence electrons. The second-order valence-corrected chi connectivity index (χ2v) is 5.47. The molecule has 0 atom stereocenters. The van der Waals surface area contributed by atoms with Crippen molar-refractivity contribution in [2.45, 2.75) is 13.5 Å². The first-order valence-corrected chi connectivity index (χ1v) is 7.52.